The second-order valence-electron chi connectivity index (χ2n) is 8.89. The quantitative estimate of drug-likeness (QED) is 0.346. The van der Waals surface area contributed by atoms with Gasteiger partial charge in [0.15, 0.2) is 0 Å². The maximum absolute atomic E-state index is 12.8. The van der Waals surface area contributed by atoms with E-state index in [1.807, 2.05) is 18.2 Å². The highest BCUT2D eigenvalue weighted by molar-refractivity contribution is 5.84. The maximum atomic E-state index is 12.8. The number of amides is 1. The fraction of sp³-hybridized carbons (Fsp3) is 0.500. The van der Waals surface area contributed by atoms with Gasteiger partial charge >= 0.3 is 24.3 Å². The van der Waals surface area contributed by atoms with Crippen molar-refractivity contribution in [2.24, 2.45) is 11.3 Å². The van der Waals surface area contributed by atoms with Gasteiger partial charge < -0.3 is 25.0 Å². The zero-order chi connectivity index (χ0) is 30.1. The Labute approximate surface area is 223 Å². The summed E-state index contributed by atoms with van der Waals surface area (Å²) in [6, 6.07) is 12.3. The number of methoxy groups -OCH3 is 1. The van der Waals surface area contributed by atoms with Gasteiger partial charge in [-0.3, -0.25) is 14.7 Å². The molecule has 0 saturated carbocycles. The first-order valence-electron chi connectivity index (χ1n) is 11.6. The fourth-order valence-electron chi connectivity index (χ4n) is 4.15. The van der Waals surface area contributed by atoms with Crippen molar-refractivity contribution in [3.63, 3.8) is 0 Å². The number of aromatic nitrogens is 1. The molecular weight excluding hydrogens is 556 g/mol. The standard InChI is InChI=1S/C20H25N3O3.2C2HF3O2/c1-25-9-8-21-19(24)20-13-23(10-16(20)12-26-14-20)11-17-7-6-15-4-2-3-5-18(15)22-17;2*3-2(4,5)1(6)7/h2-7,16H,8-14H2,1H3,(H,21,24);2*(H,6,7)/t16-,20-;;/m1../s1. The lowest BCUT2D eigenvalue weighted by Gasteiger charge is -2.26. The van der Waals surface area contributed by atoms with E-state index in [1.54, 1.807) is 7.11 Å². The number of rotatable bonds is 6. The molecule has 0 bridgehead atoms. The van der Waals surface area contributed by atoms with Crippen LogP contribution in [0.3, 0.4) is 0 Å². The number of alkyl halides is 6. The summed E-state index contributed by atoms with van der Waals surface area (Å²) in [7, 11) is 1.64. The van der Waals surface area contributed by atoms with E-state index in [4.69, 9.17) is 34.3 Å². The highest BCUT2D eigenvalue weighted by atomic mass is 19.4. The Morgan fingerprint density at radius 1 is 1.07 bits per heavy atom. The molecule has 1 aromatic heterocycles. The molecule has 2 aliphatic rings. The van der Waals surface area contributed by atoms with Crippen LogP contribution in [0.1, 0.15) is 5.69 Å². The molecule has 0 unspecified atom stereocenters. The predicted molar refractivity (Wildman–Crippen MR) is 126 cm³/mol. The highest BCUT2D eigenvalue weighted by Gasteiger charge is 2.55. The van der Waals surface area contributed by atoms with Gasteiger partial charge in [-0.1, -0.05) is 24.3 Å². The molecule has 0 radical (unpaired) electrons. The van der Waals surface area contributed by atoms with E-state index in [0.717, 1.165) is 29.7 Å². The topological polar surface area (TPSA) is 138 Å². The number of hydrogen-bond acceptors (Lipinski definition) is 7. The summed E-state index contributed by atoms with van der Waals surface area (Å²) in [5.41, 5.74) is 1.61. The molecule has 2 aliphatic heterocycles. The second-order valence-corrected chi connectivity index (χ2v) is 8.89. The first-order chi connectivity index (χ1) is 18.6. The first-order valence-corrected chi connectivity index (χ1v) is 11.6. The van der Waals surface area contributed by atoms with Gasteiger partial charge in [0.1, 0.15) is 0 Å². The number of pyridine rings is 1. The van der Waals surface area contributed by atoms with Crippen molar-refractivity contribution in [1.29, 1.82) is 0 Å². The van der Waals surface area contributed by atoms with Gasteiger partial charge in [-0.25, -0.2) is 9.59 Å². The van der Waals surface area contributed by atoms with E-state index < -0.39 is 29.7 Å². The summed E-state index contributed by atoms with van der Waals surface area (Å²) in [5.74, 6) is -5.18. The number of carboxylic acid groups (broad SMARTS) is 2. The zero-order valence-electron chi connectivity index (χ0n) is 21.1. The first kappa shape index (κ1) is 32.7. The number of carbonyl (C=O) groups is 3. The number of aliphatic carboxylic acids is 2. The zero-order valence-corrected chi connectivity index (χ0v) is 21.1. The number of hydrogen-bond donors (Lipinski definition) is 3. The lowest BCUT2D eigenvalue weighted by Crippen LogP contribution is -2.47. The van der Waals surface area contributed by atoms with Crippen LogP contribution in [0.5, 0.6) is 0 Å². The van der Waals surface area contributed by atoms with Crippen LogP contribution in [0.15, 0.2) is 36.4 Å². The number of likely N-dealkylation sites (tertiary alicyclic amines) is 1. The minimum atomic E-state index is -5.08. The predicted octanol–water partition coefficient (Wildman–Crippen LogP) is 2.71. The molecule has 2 atom stereocenters. The summed E-state index contributed by atoms with van der Waals surface area (Å²) in [6.45, 7) is 4.55. The van der Waals surface area contributed by atoms with Crippen LogP contribution in [-0.2, 0) is 30.4 Å². The number of halogens is 6. The number of fused-ring (bicyclic) bond motifs is 2. The molecule has 1 amide bonds. The molecular formula is C24H27F6N3O7. The largest absolute Gasteiger partial charge is 0.490 e. The van der Waals surface area contributed by atoms with E-state index in [-0.39, 0.29) is 11.8 Å². The second kappa shape index (κ2) is 13.7. The Kier molecular flexibility index (Phi) is 11.2. The summed E-state index contributed by atoms with van der Waals surface area (Å²) < 4.78 is 74.2. The number of nitrogens with one attached hydrogen (secondary N) is 1. The van der Waals surface area contributed by atoms with Gasteiger partial charge in [-0.15, -0.1) is 0 Å². The van der Waals surface area contributed by atoms with Crippen LogP contribution in [0.4, 0.5) is 26.3 Å². The van der Waals surface area contributed by atoms with Crippen LogP contribution in [0.2, 0.25) is 0 Å². The van der Waals surface area contributed by atoms with Gasteiger partial charge in [0.05, 0.1) is 36.4 Å². The van der Waals surface area contributed by atoms with Gasteiger partial charge in [0, 0.05) is 44.6 Å². The lowest BCUT2D eigenvalue weighted by atomic mass is 9.80. The molecule has 222 valence electrons. The van der Waals surface area contributed by atoms with E-state index in [1.165, 1.54) is 0 Å². The number of para-hydroxylation sites is 1. The average molecular weight is 583 g/mol. The maximum Gasteiger partial charge on any atom is 0.490 e. The molecule has 16 heteroatoms. The molecule has 4 rings (SSSR count). The van der Waals surface area contributed by atoms with Crippen molar-refractivity contribution >= 4 is 28.7 Å². The Balaban J connectivity index is 0.000000333. The monoisotopic (exact) mass is 583 g/mol. The molecule has 10 nitrogen and oxygen atoms in total. The third-order valence-corrected chi connectivity index (χ3v) is 6.02. The van der Waals surface area contributed by atoms with E-state index in [2.05, 4.69) is 28.4 Å². The molecule has 2 saturated heterocycles. The average Bonchev–Trinajstić information content (AvgIpc) is 3.42. The van der Waals surface area contributed by atoms with Gasteiger partial charge in [-0.2, -0.15) is 26.3 Å². The van der Waals surface area contributed by atoms with Crippen molar-refractivity contribution in [2.75, 3.05) is 46.6 Å². The van der Waals surface area contributed by atoms with Crippen LogP contribution >= 0.6 is 0 Å². The van der Waals surface area contributed by atoms with Crippen molar-refractivity contribution in [3.8, 4) is 0 Å². The van der Waals surface area contributed by atoms with Crippen LogP contribution in [-0.4, -0.2) is 96.9 Å². The van der Waals surface area contributed by atoms with Crippen molar-refractivity contribution in [2.45, 2.75) is 18.9 Å². The van der Waals surface area contributed by atoms with Crippen LogP contribution < -0.4 is 5.32 Å². The fourth-order valence-corrected chi connectivity index (χ4v) is 4.15. The lowest BCUT2D eigenvalue weighted by molar-refractivity contribution is -0.193. The van der Waals surface area contributed by atoms with Crippen molar-refractivity contribution < 1.29 is 60.4 Å². The molecule has 2 fully saturated rings. The number of nitrogens with zero attached hydrogens (tertiary/aromatic N) is 2. The summed E-state index contributed by atoms with van der Waals surface area (Å²) in [5, 5.41) is 18.4. The smallest absolute Gasteiger partial charge is 0.475 e. The molecule has 3 N–H and O–H groups in total. The normalized spacial score (nSPS) is 20.5. The van der Waals surface area contributed by atoms with Crippen molar-refractivity contribution in [1.82, 2.24) is 15.2 Å². The Bertz CT molecular complexity index is 1150. The van der Waals surface area contributed by atoms with Gasteiger partial charge in [-0.05, 0) is 12.1 Å². The summed E-state index contributed by atoms with van der Waals surface area (Å²) >= 11 is 0. The van der Waals surface area contributed by atoms with E-state index in [0.29, 0.717) is 32.9 Å². The number of carboxylic acids is 2. The molecule has 3 heterocycles. The molecule has 2 aromatic rings. The number of carbonyl (C=O) groups excluding carboxylic acids is 1. The SMILES string of the molecule is COCCNC(=O)[C@]12COC[C@H]1CN(Cc1ccc3ccccc3n1)C2.O=C(O)C(F)(F)F.O=C(O)C(F)(F)F. The Morgan fingerprint density at radius 3 is 2.25 bits per heavy atom. The van der Waals surface area contributed by atoms with Gasteiger partial charge in [0.2, 0.25) is 5.91 Å². The summed E-state index contributed by atoms with van der Waals surface area (Å²) in [4.78, 5) is 37.7. The third-order valence-electron chi connectivity index (χ3n) is 6.02. The number of ether oxygens (including phenoxy) is 2. The Hall–Kier alpha value is -3.50. The van der Waals surface area contributed by atoms with Crippen molar-refractivity contribution in [3.05, 3.63) is 42.1 Å². The minimum absolute atomic E-state index is 0.0889. The number of benzene rings is 1. The molecule has 0 spiro atoms. The molecule has 40 heavy (non-hydrogen) atoms. The molecule has 1 aromatic carbocycles. The highest BCUT2D eigenvalue weighted by Crippen LogP contribution is 2.42. The van der Waals surface area contributed by atoms with Crippen LogP contribution in [0.25, 0.3) is 10.9 Å². The molecule has 0 aliphatic carbocycles. The van der Waals surface area contributed by atoms with E-state index in [9.17, 15) is 31.1 Å². The van der Waals surface area contributed by atoms with Gasteiger partial charge in [0.25, 0.3) is 0 Å². The third kappa shape index (κ3) is 9.02. The Morgan fingerprint density at radius 2 is 1.68 bits per heavy atom. The minimum Gasteiger partial charge on any atom is -0.475 e. The van der Waals surface area contributed by atoms with Crippen LogP contribution in [0, 0.1) is 11.3 Å². The van der Waals surface area contributed by atoms with E-state index >= 15 is 0 Å². The summed E-state index contributed by atoms with van der Waals surface area (Å²) in [6.07, 6.45) is -10.2.